The van der Waals surface area contributed by atoms with Gasteiger partial charge >= 0.3 is 6.09 Å². The van der Waals surface area contributed by atoms with Crippen LogP contribution in [-0.4, -0.2) is 93.4 Å². The van der Waals surface area contributed by atoms with Gasteiger partial charge in [0, 0.05) is 24.2 Å². The zero-order valence-corrected chi connectivity index (χ0v) is 37.0. The van der Waals surface area contributed by atoms with Crippen LogP contribution in [0.5, 0.6) is 0 Å². The molecule has 4 atom stereocenters. The molecule has 4 heterocycles. The van der Waals surface area contributed by atoms with Crippen molar-refractivity contribution in [2.45, 2.75) is 76.5 Å². The fourth-order valence-corrected chi connectivity index (χ4v) is 7.42. The lowest BCUT2D eigenvalue weighted by atomic mass is 10.0. The SMILES string of the molecule is COOC=N[C@H](C(=O)N1CCC[C@H]1c1ncc(-c2ccc(C#Cc3ccc4nc([C@@H]5CCCN5C(=O)[C@@H](NC(=O)OC)C5CC5)[nH]c4c3)cc2)[nH]1)C(C)C.S.S.S.S. The average Bonchev–Trinajstić information content (AvgIpc) is 3.60. The summed E-state index contributed by atoms with van der Waals surface area (Å²) in [7, 11) is 2.70. The third kappa shape index (κ3) is 10.9. The van der Waals surface area contributed by atoms with E-state index in [-0.39, 0.29) is 89.7 Å². The number of benzene rings is 2. The number of amides is 3. The maximum atomic E-state index is 13.6. The minimum absolute atomic E-state index is 0. The van der Waals surface area contributed by atoms with Crippen molar-refractivity contribution in [3.63, 3.8) is 0 Å². The van der Waals surface area contributed by atoms with Crippen molar-refractivity contribution in [3.05, 3.63) is 71.4 Å². The van der Waals surface area contributed by atoms with E-state index in [9.17, 15) is 14.4 Å². The lowest BCUT2D eigenvalue weighted by molar-refractivity contribution is -0.188. The number of nitrogens with zero attached hydrogens (tertiary/aromatic N) is 5. The van der Waals surface area contributed by atoms with Gasteiger partial charge in [-0.05, 0) is 86.3 Å². The van der Waals surface area contributed by atoms with Crippen LogP contribution in [0.25, 0.3) is 22.3 Å². The van der Waals surface area contributed by atoms with Gasteiger partial charge in [0.25, 0.3) is 0 Å². The molecule has 3 N–H and O–H groups in total. The number of methoxy groups -OCH3 is 1. The molecule has 2 aromatic heterocycles. The van der Waals surface area contributed by atoms with Crippen molar-refractivity contribution in [2.75, 3.05) is 27.3 Å². The Kier molecular flexibility index (Phi) is 17.9. The maximum Gasteiger partial charge on any atom is 0.407 e. The fourth-order valence-electron chi connectivity index (χ4n) is 7.42. The lowest BCUT2D eigenvalue weighted by Gasteiger charge is -2.28. The summed E-state index contributed by atoms with van der Waals surface area (Å²) in [6.45, 7) is 5.18. The van der Waals surface area contributed by atoms with Crippen molar-refractivity contribution >= 4 is 89.3 Å². The number of aliphatic imine (C=N–C) groups is 1. The van der Waals surface area contributed by atoms with Crippen molar-refractivity contribution in [1.29, 1.82) is 0 Å². The topological polar surface area (TPSA) is 167 Å². The molecule has 1 aliphatic carbocycles. The molecule has 4 aromatic rings. The van der Waals surface area contributed by atoms with E-state index in [2.05, 4.69) is 42.0 Å². The number of carbonyl (C=O) groups excluding carboxylic acids is 3. The van der Waals surface area contributed by atoms with Crippen LogP contribution in [0.1, 0.15) is 87.2 Å². The molecule has 0 bridgehead atoms. The molecule has 3 aliphatic rings. The van der Waals surface area contributed by atoms with Crippen LogP contribution in [-0.2, 0) is 24.1 Å². The summed E-state index contributed by atoms with van der Waals surface area (Å²) in [6.07, 6.45) is 7.58. The van der Waals surface area contributed by atoms with Gasteiger partial charge < -0.3 is 34.7 Å². The molecule has 0 spiro atoms. The number of ether oxygens (including phenoxy) is 1. The molecule has 2 saturated heterocycles. The number of aromatic nitrogens is 4. The predicted octanol–water partition coefficient (Wildman–Crippen LogP) is 5.90. The second kappa shape index (κ2) is 21.6. The number of fused-ring (bicyclic) bond motifs is 1. The highest BCUT2D eigenvalue weighted by atomic mass is 32.1. The fraction of sp³-hybridized carbons (Fsp3) is 0.450. The molecule has 18 heteroatoms. The number of aromatic amines is 2. The Hall–Kier alpha value is -4.28. The van der Waals surface area contributed by atoms with Gasteiger partial charge in [-0.3, -0.25) is 9.59 Å². The zero-order valence-electron chi connectivity index (χ0n) is 33.0. The number of hydrogen-bond acceptors (Lipinski definition) is 9. The van der Waals surface area contributed by atoms with Crippen LogP contribution in [0.15, 0.2) is 53.7 Å². The Morgan fingerprint density at radius 3 is 2.14 bits per heavy atom. The summed E-state index contributed by atoms with van der Waals surface area (Å²) in [4.78, 5) is 72.8. The number of H-pyrrole nitrogens is 2. The molecule has 3 fully saturated rings. The number of rotatable bonds is 11. The summed E-state index contributed by atoms with van der Waals surface area (Å²) in [5.41, 5.74) is 5.18. The lowest BCUT2D eigenvalue weighted by Crippen LogP contribution is -2.49. The molecule has 7 rings (SSSR count). The van der Waals surface area contributed by atoms with Gasteiger partial charge in [0.15, 0.2) is 0 Å². The normalized spacial score (nSPS) is 18.2. The van der Waals surface area contributed by atoms with Crippen LogP contribution >= 0.6 is 54.0 Å². The number of nitrogens with one attached hydrogen (secondary N) is 3. The molecule has 3 amide bonds. The molecule has 1 saturated carbocycles. The first-order chi connectivity index (χ1) is 26.2. The Bertz CT molecular complexity index is 2100. The van der Waals surface area contributed by atoms with E-state index in [0.717, 1.165) is 83.6 Å². The van der Waals surface area contributed by atoms with Crippen LogP contribution in [0.3, 0.4) is 0 Å². The summed E-state index contributed by atoms with van der Waals surface area (Å²) in [5.74, 6) is 8.01. The summed E-state index contributed by atoms with van der Waals surface area (Å²) in [6, 6.07) is 12.3. The first-order valence-corrected chi connectivity index (χ1v) is 18.6. The first-order valence-electron chi connectivity index (χ1n) is 18.6. The van der Waals surface area contributed by atoms with Crippen LogP contribution in [0, 0.1) is 23.7 Å². The van der Waals surface area contributed by atoms with E-state index in [0.29, 0.717) is 13.1 Å². The van der Waals surface area contributed by atoms with Crippen molar-refractivity contribution in [2.24, 2.45) is 16.8 Å². The maximum absolute atomic E-state index is 13.6. The van der Waals surface area contributed by atoms with Gasteiger partial charge in [-0.1, -0.05) is 37.8 Å². The molecule has 58 heavy (non-hydrogen) atoms. The smallest absolute Gasteiger partial charge is 0.407 e. The second-order valence-corrected chi connectivity index (χ2v) is 14.4. The Morgan fingerprint density at radius 2 is 1.50 bits per heavy atom. The highest BCUT2D eigenvalue weighted by Gasteiger charge is 2.43. The summed E-state index contributed by atoms with van der Waals surface area (Å²) in [5, 5.41) is 2.75. The molecular formula is C40H54N8O6S4. The second-order valence-electron chi connectivity index (χ2n) is 14.4. The molecule has 0 radical (unpaired) electrons. The van der Waals surface area contributed by atoms with Crippen molar-refractivity contribution < 1.29 is 28.9 Å². The molecule has 314 valence electrons. The van der Waals surface area contributed by atoms with E-state index in [1.807, 2.05) is 66.1 Å². The predicted molar refractivity (Wildman–Crippen MR) is 242 cm³/mol. The minimum Gasteiger partial charge on any atom is -0.453 e. The largest absolute Gasteiger partial charge is 0.453 e. The number of imidazole rings is 2. The minimum atomic E-state index is -0.587. The monoisotopic (exact) mass is 870 g/mol. The third-order valence-electron chi connectivity index (χ3n) is 10.4. The van der Waals surface area contributed by atoms with E-state index in [1.165, 1.54) is 20.6 Å². The van der Waals surface area contributed by atoms with Crippen molar-refractivity contribution in [1.82, 2.24) is 35.1 Å². The van der Waals surface area contributed by atoms with E-state index in [1.54, 1.807) is 6.20 Å². The molecular weight excluding hydrogens is 817 g/mol. The molecule has 2 aromatic carbocycles. The molecule has 2 aliphatic heterocycles. The molecule has 0 unspecified atom stereocenters. The highest BCUT2D eigenvalue weighted by molar-refractivity contribution is 7.59. The Morgan fingerprint density at radius 1 is 0.862 bits per heavy atom. The van der Waals surface area contributed by atoms with E-state index >= 15 is 0 Å². The highest BCUT2D eigenvalue weighted by Crippen LogP contribution is 2.38. The quantitative estimate of drug-likeness (QED) is 0.0552. The van der Waals surface area contributed by atoms with Gasteiger partial charge in [-0.15, -0.1) is 0 Å². The number of likely N-dealkylation sites (tertiary alicyclic amines) is 2. The van der Waals surface area contributed by atoms with Gasteiger partial charge in [0.05, 0.1) is 49.2 Å². The van der Waals surface area contributed by atoms with Crippen LogP contribution in [0.2, 0.25) is 0 Å². The number of hydrogen-bond donors (Lipinski definition) is 3. The van der Waals surface area contributed by atoms with Gasteiger partial charge in [-0.25, -0.2) is 19.8 Å². The number of carbonyl (C=O) groups is 3. The summed E-state index contributed by atoms with van der Waals surface area (Å²) >= 11 is 0. The van der Waals surface area contributed by atoms with E-state index in [4.69, 9.17) is 14.6 Å². The van der Waals surface area contributed by atoms with Gasteiger partial charge in [0.2, 0.25) is 18.2 Å². The summed E-state index contributed by atoms with van der Waals surface area (Å²) < 4.78 is 4.78. The first kappa shape index (κ1) is 48.1. The Labute approximate surface area is 366 Å². The van der Waals surface area contributed by atoms with E-state index < -0.39 is 18.2 Å². The Balaban J connectivity index is 0.00000225. The van der Waals surface area contributed by atoms with Gasteiger partial charge in [0.1, 0.15) is 23.7 Å². The molecule has 14 nitrogen and oxygen atoms in total. The van der Waals surface area contributed by atoms with Crippen LogP contribution in [0.4, 0.5) is 4.79 Å². The van der Waals surface area contributed by atoms with Crippen LogP contribution < -0.4 is 5.32 Å². The zero-order chi connectivity index (χ0) is 37.8. The van der Waals surface area contributed by atoms with Crippen molar-refractivity contribution in [3.8, 4) is 23.1 Å². The van der Waals surface area contributed by atoms with Gasteiger partial charge in [-0.2, -0.15) is 58.9 Å². The third-order valence-corrected chi connectivity index (χ3v) is 10.4. The average molecular weight is 871 g/mol. The number of alkyl carbamates (subject to hydrolysis) is 1. The standard InChI is InChI=1S/C40H46N8O6.4H2S/c1-24(2)34(42-23-54-53-4)38(49)47-19-5-7-32(47)36-41-22-31(45-36)27-14-11-25(12-15-27)9-10-26-13-18-29-30(21-26)44-37(43-29)33-8-6-20-48(33)39(50)35(28-16-17-28)46-40(51)52-3;;;;/h11-15,18,21-24,28,32-35H,5-8,16-17,19-20H2,1-4H3,(H,41,45)(H,43,44)(H,46,51);4*1H2/t32-,33-,34-,35-;;;;/m0..../s1.